The molecular weight excluding hydrogens is 709 g/mol. The van der Waals surface area contributed by atoms with Gasteiger partial charge in [0, 0.05) is 38.2 Å². The van der Waals surface area contributed by atoms with E-state index in [2.05, 4.69) is 132 Å². The quantitative estimate of drug-likeness (QED) is 0.176. The Kier molecular flexibility index (Phi) is 7.16. The van der Waals surface area contributed by atoms with E-state index in [0.29, 0.717) is 17.5 Å². The minimum atomic E-state index is 0.584. The molecule has 0 bridgehead atoms. The highest BCUT2D eigenvalue weighted by Crippen LogP contribution is 2.47. The zero-order chi connectivity index (χ0) is 38.2. The second-order valence-electron chi connectivity index (χ2n) is 14.7. The molecule has 3 aromatic heterocycles. The fraction of sp³-hybridized carbons (Fsp3) is 0. The van der Waals surface area contributed by atoms with E-state index in [1.54, 1.807) is 0 Å². The van der Waals surface area contributed by atoms with Crippen LogP contribution < -0.4 is 0 Å². The van der Waals surface area contributed by atoms with Gasteiger partial charge in [-0.2, -0.15) is 0 Å². The van der Waals surface area contributed by atoms with Crippen molar-refractivity contribution in [3.05, 3.63) is 194 Å². The molecule has 0 saturated heterocycles. The lowest BCUT2D eigenvalue weighted by Gasteiger charge is -2.13. The lowest BCUT2D eigenvalue weighted by molar-refractivity contribution is 0.666. The van der Waals surface area contributed by atoms with Gasteiger partial charge in [0.05, 0.1) is 16.7 Å². The van der Waals surface area contributed by atoms with E-state index in [0.717, 1.165) is 66.5 Å². The van der Waals surface area contributed by atoms with Crippen molar-refractivity contribution < 1.29 is 4.42 Å². The Morgan fingerprint density at radius 1 is 0.345 bits per heavy atom. The maximum Gasteiger partial charge on any atom is 0.164 e. The Balaban J connectivity index is 1.21. The molecular formula is C53H32N4O. The Labute approximate surface area is 333 Å². The van der Waals surface area contributed by atoms with Crippen molar-refractivity contribution in [2.75, 3.05) is 0 Å². The maximum atomic E-state index is 7.14. The molecule has 0 spiro atoms. The van der Waals surface area contributed by atoms with Gasteiger partial charge in [0.15, 0.2) is 23.1 Å². The lowest BCUT2D eigenvalue weighted by Crippen LogP contribution is -2.00. The summed E-state index contributed by atoms with van der Waals surface area (Å²) < 4.78 is 9.54. The molecule has 0 aliphatic carbocycles. The fourth-order valence-electron chi connectivity index (χ4n) is 8.86. The van der Waals surface area contributed by atoms with Gasteiger partial charge >= 0.3 is 0 Å². The van der Waals surface area contributed by atoms with E-state index in [-0.39, 0.29) is 0 Å². The normalized spacial score (nSPS) is 11.8. The summed E-state index contributed by atoms with van der Waals surface area (Å²) in [5.41, 5.74) is 9.66. The van der Waals surface area contributed by atoms with Gasteiger partial charge in [0.1, 0.15) is 5.58 Å². The Hall–Kier alpha value is -7.89. The van der Waals surface area contributed by atoms with Gasteiger partial charge in [-0.3, -0.25) is 0 Å². The predicted molar refractivity (Wildman–Crippen MR) is 238 cm³/mol. The smallest absolute Gasteiger partial charge is 0.164 e. The molecule has 9 aromatic carbocycles. The monoisotopic (exact) mass is 740 g/mol. The first-order valence-corrected chi connectivity index (χ1v) is 19.5. The number of nitrogens with zero attached hydrogens (tertiary/aromatic N) is 4. The van der Waals surface area contributed by atoms with Crippen molar-refractivity contribution in [1.29, 1.82) is 0 Å². The zero-order valence-electron chi connectivity index (χ0n) is 31.2. The molecule has 0 atom stereocenters. The Morgan fingerprint density at radius 2 is 0.862 bits per heavy atom. The SMILES string of the molecule is c1ccc(-c2nc(-c3ccccc3)nc(-c3cccc4oc5c(-n6c7ccc8ccccc8c7c7c8ccccc8ccc76)ccc(-c6ccccc6)c5c34)n2)cc1. The van der Waals surface area contributed by atoms with Crippen LogP contribution in [0.25, 0.3) is 116 Å². The minimum absolute atomic E-state index is 0.584. The van der Waals surface area contributed by atoms with E-state index < -0.39 is 0 Å². The van der Waals surface area contributed by atoms with Crippen LogP contribution in [0, 0.1) is 0 Å². The standard InChI is InChI=1S/C53H32N4O/c1-4-15-33(16-5-1)40-29-32-44(57-42-30-27-34-17-10-12-23-38(34)46(42)47-39-24-13-11-18-35(39)28-31-43(47)57)50-49(40)48-41(25-14-26-45(48)58-50)53-55-51(36-19-6-2-7-20-36)54-52(56-53)37-21-8-3-9-22-37/h1-32H. The lowest BCUT2D eigenvalue weighted by atomic mass is 9.96. The largest absolute Gasteiger partial charge is 0.454 e. The van der Waals surface area contributed by atoms with Gasteiger partial charge in [-0.15, -0.1) is 0 Å². The van der Waals surface area contributed by atoms with Crippen molar-refractivity contribution in [2.24, 2.45) is 0 Å². The molecule has 0 saturated carbocycles. The molecule has 0 fully saturated rings. The van der Waals surface area contributed by atoms with E-state index >= 15 is 0 Å². The van der Waals surface area contributed by atoms with Crippen LogP contribution in [0.1, 0.15) is 0 Å². The van der Waals surface area contributed by atoms with E-state index in [9.17, 15) is 0 Å². The van der Waals surface area contributed by atoms with E-state index in [1.165, 1.54) is 32.3 Å². The molecule has 58 heavy (non-hydrogen) atoms. The van der Waals surface area contributed by atoms with Crippen molar-refractivity contribution in [1.82, 2.24) is 19.5 Å². The predicted octanol–water partition coefficient (Wildman–Crippen LogP) is 13.8. The topological polar surface area (TPSA) is 56.7 Å². The average Bonchev–Trinajstić information content (AvgIpc) is 3.87. The molecule has 270 valence electrons. The Morgan fingerprint density at radius 3 is 1.45 bits per heavy atom. The van der Waals surface area contributed by atoms with Crippen LogP contribution in [0.3, 0.4) is 0 Å². The van der Waals surface area contributed by atoms with Gasteiger partial charge in [0.25, 0.3) is 0 Å². The number of furan rings is 1. The van der Waals surface area contributed by atoms with Gasteiger partial charge < -0.3 is 8.98 Å². The van der Waals surface area contributed by atoms with Crippen molar-refractivity contribution in [3.63, 3.8) is 0 Å². The fourth-order valence-corrected chi connectivity index (χ4v) is 8.86. The third-order valence-electron chi connectivity index (χ3n) is 11.4. The second-order valence-corrected chi connectivity index (χ2v) is 14.7. The van der Waals surface area contributed by atoms with Crippen LogP contribution in [0.4, 0.5) is 0 Å². The highest BCUT2D eigenvalue weighted by atomic mass is 16.3. The molecule has 3 heterocycles. The van der Waals surface area contributed by atoms with E-state index in [1.807, 2.05) is 66.7 Å². The number of benzene rings is 9. The van der Waals surface area contributed by atoms with Gasteiger partial charge in [-0.25, -0.2) is 15.0 Å². The minimum Gasteiger partial charge on any atom is -0.454 e. The van der Waals surface area contributed by atoms with Crippen molar-refractivity contribution in [2.45, 2.75) is 0 Å². The first-order valence-electron chi connectivity index (χ1n) is 19.5. The van der Waals surface area contributed by atoms with Gasteiger partial charge in [-0.05, 0) is 56.9 Å². The van der Waals surface area contributed by atoms with Gasteiger partial charge in [0.2, 0.25) is 0 Å². The molecule has 12 aromatic rings. The van der Waals surface area contributed by atoms with Crippen LogP contribution >= 0.6 is 0 Å². The first kappa shape index (κ1) is 32.4. The molecule has 0 amide bonds. The number of rotatable bonds is 5. The van der Waals surface area contributed by atoms with Crippen LogP contribution in [-0.2, 0) is 0 Å². The van der Waals surface area contributed by atoms with Crippen LogP contribution in [0.2, 0.25) is 0 Å². The summed E-state index contributed by atoms with van der Waals surface area (Å²) >= 11 is 0. The summed E-state index contributed by atoms with van der Waals surface area (Å²) in [6.07, 6.45) is 0. The molecule has 0 aliphatic heterocycles. The second kappa shape index (κ2) is 12.8. The highest BCUT2D eigenvalue weighted by Gasteiger charge is 2.25. The first-order chi connectivity index (χ1) is 28.8. The summed E-state index contributed by atoms with van der Waals surface area (Å²) in [7, 11) is 0. The summed E-state index contributed by atoms with van der Waals surface area (Å²) in [6.45, 7) is 0. The summed E-state index contributed by atoms with van der Waals surface area (Å²) in [5, 5.41) is 9.30. The van der Waals surface area contributed by atoms with Crippen molar-refractivity contribution in [3.8, 4) is 51.0 Å². The van der Waals surface area contributed by atoms with Gasteiger partial charge in [-0.1, -0.05) is 170 Å². The van der Waals surface area contributed by atoms with Crippen molar-refractivity contribution >= 4 is 65.3 Å². The summed E-state index contributed by atoms with van der Waals surface area (Å²) in [6, 6.07) is 67.8. The molecule has 0 N–H and O–H groups in total. The third kappa shape index (κ3) is 4.93. The molecule has 5 heteroatoms. The number of aromatic nitrogens is 4. The number of hydrogen-bond acceptors (Lipinski definition) is 4. The van der Waals surface area contributed by atoms with Crippen LogP contribution in [0.5, 0.6) is 0 Å². The zero-order valence-corrected chi connectivity index (χ0v) is 31.2. The maximum absolute atomic E-state index is 7.14. The molecule has 12 rings (SSSR count). The molecule has 5 nitrogen and oxygen atoms in total. The summed E-state index contributed by atoms with van der Waals surface area (Å²) in [4.78, 5) is 15.4. The number of hydrogen-bond donors (Lipinski definition) is 0. The third-order valence-corrected chi connectivity index (χ3v) is 11.4. The molecule has 0 aliphatic rings. The van der Waals surface area contributed by atoms with Crippen LogP contribution in [0.15, 0.2) is 199 Å². The highest BCUT2D eigenvalue weighted by molar-refractivity contribution is 6.29. The van der Waals surface area contributed by atoms with Crippen LogP contribution in [-0.4, -0.2) is 19.5 Å². The molecule has 0 unspecified atom stereocenters. The Bertz CT molecular complexity index is 3400. The number of fused-ring (bicyclic) bond motifs is 10. The summed E-state index contributed by atoms with van der Waals surface area (Å²) in [5.74, 6) is 1.81. The molecule has 0 radical (unpaired) electrons. The average molecular weight is 741 g/mol. The van der Waals surface area contributed by atoms with E-state index in [4.69, 9.17) is 19.4 Å².